The van der Waals surface area contributed by atoms with Crippen molar-refractivity contribution in [2.45, 2.75) is 44.0 Å². The molecule has 1 aromatic carbocycles. The first kappa shape index (κ1) is 21.9. The number of thiophene rings is 1. The minimum Gasteiger partial charge on any atom is -0.348 e. The van der Waals surface area contributed by atoms with Crippen LogP contribution in [0.5, 0.6) is 0 Å². The Hall–Kier alpha value is -1.77. The number of rotatable bonds is 7. The highest BCUT2D eigenvalue weighted by atomic mass is 32.2. The lowest BCUT2D eigenvalue weighted by molar-refractivity contribution is -0.126. The van der Waals surface area contributed by atoms with Crippen LogP contribution in [0.2, 0.25) is 0 Å². The average Bonchev–Trinajstić information content (AvgIpc) is 3.22. The number of halogens is 1. The molecule has 1 aromatic heterocycles. The van der Waals surface area contributed by atoms with Gasteiger partial charge in [0.25, 0.3) is 0 Å². The normalized spacial score (nSPS) is 19.2. The standard InChI is InChI=1S/C21H27FN2O3S2/c1-15(2)13-19(20-6-4-12-28-20)23-21(25)16-5-3-11-24(14-16)29(26,27)18-9-7-17(22)8-10-18/h4,6-10,12,15-16,19H,3,5,11,13-14H2,1-2H3,(H,23,25)/t16-,19+/m1/s1. The van der Waals surface area contributed by atoms with Gasteiger partial charge in [-0.2, -0.15) is 4.31 Å². The molecule has 0 aliphatic carbocycles. The summed E-state index contributed by atoms with van der Waals surface area (Å²) in [4.78, 5) is 14.1. The van der Waals surface area contributed by atoms with Crippen molar-refractivity contribution in [3.8, 4) is 0 Å². The van der Waals surface area contributed by atoms with Gasteiger partial charge in [-0.15, -0.1) is 11.3 Å². The van der Waals surface area contributed by atoms with E-state index in [0.29, 0.717) is 25.3 Å². The lowest BCUT2D eigenvalue weighted by Crippen LogP contribution is -2.46. The minimum absolute atomic E-state index is 0.0521. The van der Waals surface area contributed by atoms with Gasteiger partial charge in [-0.05, 0) is 60.9 Å². The Morgan fingerprint density at radius 2 is 2.00 bits per heavy atom. The first-order valence-electron chi connectivity index (χ1n) is 9.87. The predicted molar refractivity (Wildman–Crippen MR) is 113 cm³/mol. The Morgan fingerprint density at radius 3 is 2.62 bits per heavy atom. The van der Waals surface area contributed by atoms with E-state index in [1.54, 1.807) is 11.3 Å². The summed E-state index contributed by atoms with van der Waals surface area (Å²) in [7, 11) is -3.75. The highest BCUT2D eigenvalue weighted by molar-refractivity contribution is 7.89. The second-order valence-electron chi connectivity index (χ2n) is 7.86. The summed E-state index contributed by atoms with van der Waals surface area (Å²) in [5.41, 5.74) is 0. The Bertz CT molecular complexity index is 912. The zero-order chi connectivity index (χ0) is 21.0. The summed E-state index contributed by atoms with van der Waals surface area (Å²) in [6, 6.07) is 8.73. The van der Waals surface area contributed by atoms with E-state index in [0.717, 1.165) is 23.4 Å². The summed E-state index contributed by atoms with van der Waals surface area (Å²) in [6.07, 6.45) is 2.10. The molecule has 2 atom stereocenters. The van der Waals surface area contributed by atoms with Crippen LogP contribution in [0.3, 0.4) is 0 Å². The Labute approximate surface area is 176 Å². The molecule has 158 valence electrons. The van der Waals surface area contributed by atoms with Crippen molar-refractivity contribution in [1.29, 1.82) is 0 Å². The summed E-state index contributed by atoms with van der Waals surface area (Å²) in [5.74, 6) is -0.564. The lowest BCUT2D eigenvalue weighted by Gasteiger charge is -2.32. The molecule has 29 heavy (non-hydrogen) atoms. The second-order valence-corrected chi connectivity index (χ2v) is 10.8. The van der Waals surface area contributed by atoms with Gasteiger partial charge in [0.15, 0.2) is 0 Å². The molecule has 2 aromatic rings. The van der Waals surface area contributed by atoms with E-state index in [9.17, 15) is 17.6 Å². The molecule has 0 bridgehead atoms. The van der Waals surface area contributed by atoms with Crippen LogP contribution < -0.4 is 5.32 Å². The van der Waals surface area contributed by atoms with Crippen molar-refractivity contribution in [2.75, 3.05) is 13.1 Å². The van der Waals surface area contributed by atoms with E-state index in [-0.39, 0.29) is 23.4 Å². The van der Waals surface area contributed by atoms with Gasteiger partial charge >= 0.3 is 0 Å². The summed E-state index contributed by atoms with van der Waals surface area (Å²) in [6.45, 7) is 4.74. The number of benzene rings is 1. The van der Waals surface area contributed by atoms with E-state index in [1.165, 1.54) is 16.4 Å². The van der Waals surface area contributed by atoms with Crippen LogP contribution in [-0.4, -0.2) is 31.7 Å². The van der Waals surface area contributed by atoms with E-state index in [4.69, 9.17) is 0 Å². The molecule has 5 nitrogen and oxygen atoms in total. The maximum absolute atomic E-state index is 13.2. The summed E-state index contributed by atoms with van der Waals surface area (Å²) < 4.78 is 40.3. The van der Waals surface area contributed by atoms with Crippen molar-refractivity contribution < 1.29 is 17.6 Å². The van der Waals surface area contributed by atoms with E-state index >= 15 is 0 Å². The molecular weight excluding hydrogens is 411 g/mol. The highest BCUT2D eigenvalue weighted by Crippen LogP contribution is 2.28. The van der Waals surface area contributed by atoms with Gasteiger partial charge < -0.3 is 5.32 Å². The molecule has 1 aliphatic rings. The SMILES string of the molecule is CC(C)C[C@H](NC(=O)[C@@H]1CCCN(S(=O)(=O)c2ccc(F)cc2)C1)c1cccs1. The molecule has 0 saturated carbocycles. The van der Waals surface area contributed by atoms with Crippen LogP contribution in [0.15, 0.2) is 46.7 Å². The van der Waals surface area contributed by atoms with Crippen LogP contribution in [0.4, 0.5) is 4.39 Å². The molecule has 0 unspecified atom stereocenters. The van der Waals surface area contributed by atoms with Gasteiger partial charge in [0.2, 0.25) is 15.9 Å². The molecule has 0 spiro atoms. The Balaban J connectivity index is 1.70. The van der Waals surface area contributed by atoms with Gasteiger partial charge in [0, 0.05) is 18.0 Å². The fourth-order valence-electron chi connectivity index (χ4n) is 3.63. The Morgan fingerprint density at radius 1 is 1.28 bits per heavy atom. The minimum atomic E-state index is -3.75. The number of sulfonamides is 1. The van der Waals surface area contributed by atoms with Gasteiger partial charge in [-0.3, -0.25) is 4.79 Å². The second kappa shape index (κ2) is 9.36. The van der Waals surface area contributed by atoms with Gasteiger partial charge in [-0.25, -0.2) is 12.8 Å². The third-order valence-electron chi connectivity index (χ3n) is 5.12. The first-order chi connectivity index (χ1) is 13.8. The molecule has 3 rings (SSSR count). The maximum Gasteiger partial charge on any atom is 0.243 e. The van der Waals surface area contributed by atoms with Crippen molar-refractivity contribution in [2.24, 2.45) is 11.8 Å². The topological polar surface area (TPSA) is 66.5 Å². The van der Waals surface area contributed by atoms with E-state index in [1.807, 2.05) is 17.5 Å². The number of carbonyl (C=O) groups excluding carboxylic acids is 1. The number of hydrogen-bond acceptors (Lipinski definition) is 4. The molecule has 2 heterocycles. The fourth-order valence-corrected chi connectivity index (χ4v) is 5.94. The number of carbonyl (C=O) groups is 1. The van der Waals surface area contributed by atoms with Gasteiger partial charge in [0.05, 0.1) is 16.9 Å². The quantitative estimate of drug-likeness (QED) is 0.705. The number of piperidine rings is 1. The largest absolute Gasteiger partial charge is 0.348 e. The van der Waals surface area contributed by atoms with Crippen LogP contribution in [0, 0.1) is 17.7 Å². The molecule has 8 heteroatoms. The summed E-state index contributed by atoms with van der Waals surface area (Å²) in [5, 5.41) is 5.13. The number of hydrogen-bond donors (Lipinski definition) is 1. The van der Waals surface area contributed by atoms with E-state index < -0.39 is 21.8 Å². The third-order valence-corrected chi connectivity index (χ3v) is 7.98. The van der Waals surface area contributed by atoms with Gasteiger partial charge in [-0.1, -0.05) is 19.9 Å². The number of amides is 1. The monoisotopic (exact) mass is 438 g/mol. The number of nitrogens with one attached hydrogen (secondary N) is 1. The third kappa shape index (κ3) is 5.43. The lowest BCUT2D eigenvalue weighted by atomic mass is 9.97. The molecular formula is C21H27FN2O3S2. The number of nitrogens with zero attached hydrogens (tertiary/aromatic N) is 1. The molecule has 1 saturated heterocycles. The van der Waals surface area contributed by atoms with E-state index in [2.05, 4.69) is 19.2 Å². The first-order valence-corrected chi connectivity index (χ1v) is 12.2. The van der Waals surface area contributed by atoms with Crippen LogP contribution in [-0.2, 0) is 14.8 Å². The zero-order valence-corrected chi connectivity index (χ0v) is 18.3. The molecule has 1 fully saturated rings. The summed E-state index contributed by atoms with van der Waals surface area (Å²) >= 11 is 1.61. The maximum atomic E-state index is 13.2. The Kier molecular flexibility index (Phi) is 7.08. The molecule has 0 radical (unpaired) electrons. The molecule has 1 N–H and O–H groups in total. The van der Waals surface area contributed by atoms with Crippen molar-refractivity contribution in [3.05, 3.63) is 52.5 Å². The molecule has 1 aliphatic heterocycles. The fraction of sp³-hybridized carbons (Fsp3) is 0.476. The van der Waals surface area contributed by atoms with Crippen LogP contribution in [0.1, 0.15) is 44.0 Å². The average molecular weight is 439 g/mol. The van der Waals surface area contributed by atoms with Crippen LogP contribution in [0.25, 0.3) is 0 Å². The highest BCUT2D eigenvalue weighted by Gasteiger charge is 2.34. The van der Waals surface area contributed by atoms with Crippen molar-refractivity contribution >= 4 is 27.3 Å². The predicted octanol–water partition coefficient (Wildman–Crippen LogP) is 4.19. The zero-order valence-electron chi connectivity index (χ0n) is 16.7. The van der Waals surface area contributed by atoms with Crippen LogP contribution >= 0.6 is 11.3 Å². The van der Waals surface area contributed by atoms with Crippen molar-refractivity contribution in [1.82, 2.24) is 9.62 Å². The molecule has 1 amide bonds. The van der Waals surface area contributed by atoms with Crippen molar-refractivity contribution in [3.63, 3.8) is 0 Å². The van der Waals surface area contributed by atoms with Gasteiger partial charge in [0.1, 0.15) is 5.82 Å². The smallest absolute Gasteiger partial charge is 0.243 e.